The molecule has 2 saturated heterocycles. The van der Waals surface area contributed by atoms with E-state index >= 15 is 0 Å². The highest BCUT2D eigenvalue weighted by Crippen LogP contribution is 2.43. The van der Waals surface area contributed by atoms with Crippen LogP contribution in [0.3, 0.4) is 0 Å². The average Bonchev–Trinajstić information content (AvgIpc) is 3.38. The lowest BCUT2D eigenvalue weighted by Gasteiger charge is -2.46. The summed E-state index contributed by atoms with van der Waals surface area (Å²) < 4.78 is 2.47. The second-order valence-electron chi connectivity index (χ2n) is 11.8. The Hall–Kier alpha value is -1.88. The number of rotatable bonds is 3. The average molecular weight is 463 g/mol. The fourth-order valence-corrected chi connectivity index (χ4v) is 7.74. The molecular weight excluding hydrogens is 420 g/mol. The van der Waals surface area contributed by atoms with E-state index in [2.05, 4.69) is 45.6 Å². The topological polar surface area (TPSA) is 41.4 Å². The number of carbonyl (C=O) groups excluding carboxylic acids is 1. The molecule has 6 rings (SSSR count). The van der Waals surface area contributed by atoms with E-state index in [9.17, 15) is 4.79 Å². The fraction of sp³-hybridized carbons (Fsp3) is 0.724. The number of hydrogen-bond donors (Lipinski definition) is 0. The number of amides is 1. The van der Waals surface area contributed by atoms with Crippen molar-refractivity contribution < 1.29 is 4.79 Å². The number of imidazole rings is 1. The molecule has 2 saturated carbocycles. The van der Waals surface area contributed by atoms with Crippen LogP contribution in [0.5, 0.6) is 0 Å². The maximum Gasteiger partial charge on any atom is 0.229 e. The number of benzene rings is 1. The maximum absolute atomic E-state index is 13.3. The summed E-state index contributed by atoms with van der Waals surface area (Å²) in [6.07, 6.45) is 17.6. The standard InChI is InChI=1S/C29H42N4O/c1-29(17-9-3-2-4-10-18-29)31-19-15-23(16-20-31)32-26-14-8-6-12-24(26)30-28(32)33-25-13-7-5-11-22(25)21-27(33)34/h6,8,12,14,22-23,25H,2-5,7,9-11,13,15-21H2,1H3/t22-,25-/m0/s1. The first-order valence-corrected chi connectivity index (χ1v) is 14.2. The third kappa shape index (κ3) is 3.98. The van der Waals surface area contributed by atoms with Gasteiger partial charge >= 0.3 is 0 Å². The van der Waals surface area contributed by atoms with Crippen molar-refractivity contribution >= 4 is 22.9 Å². The minimum atomic E-state index is 0.299. The highest BCUT2D eigenvalue weighted by atomic mass is 16.2. The van der Waals surface area contributed by atoms with Crippen LogP contribution >= 0.6 is 0 Å². The lowest BCUT2D eigenvalue weighted by Crippen LogP contribution is -2.50. The number of hydrogen-bond acceptors (Lipinski definition) is 3. The van der Waals surface area contributed by atoms with Gasteiger partial charge in [0.1, 0.15) is 0 Å². The molecule has 0 spiro atoms. The van der Waals surface area contributed by atoms with Gasteiger partial charge in [0.25, 0.3) is 0 Å². The quantitative estimate of drug-likeness (QED) is 0.525. The molecule has 5 heteroatoms. The van der Waals surface area contributed by atoms with Crippen molar-refractivity contribution in [2.75, 3.05) is 18.0 Å². The van der Waals surface area contributed by atoms with E-state index in [0.29, 0.717) is 35.9 Å². The number of carbonyl (C=O) groups is 1. The van der Waals surface area contributed by atoms with E-state index in [0.717, 1.165) is 43.8 Å². The minimum absolute atomic E-state index is 0.299. The van der Waals surface area contributed by atoms with Gasteiger partial charge in [-0.15, -0.1) is 0 Å². The number of nitrogens with zero attached hydrogens (tertiary/aromatic N) is 4. The molecule has 5 nitrogen and oxygen atoms in total. The first-order valence-electron chi connectivity index (χ1n) is 14.2. The van der Waals surface area contributed by atoms with Crippen molar-refractivity contribution in [3.63, 3.8) is 0 Å². The summed E-state index contributed by atoms with van der Waals surface area (Å²) in [5.41, 5.74) is 2.62. The van der Waals surface area contributed by atoms with Gasteiger partial charge in [0.15, 0.2) is 0 Å². The largest absolute Gasteiger partial charge is 0.307 e. The molecule has 0 radical (unpaired) electrons. The summed E-state index contributed by atoms with van der Waals surface area (Å²) in [5, 5.41) is 0. The van der Waals surface area contributed by atoms with Crippen molar-refractivity contribution in [1.29, 1.82) is 0 Å². The molecule has 2 aliphatic heterocycles. The SMILES string of the molecule is CC1(N2CCC(n3c(N4C(=O)C[C@@H]5CCCC[C@@H]54)nc4ccccc43)CC2)CCCCCCC1. The monoisotopic (exact) mass is 462 g/mol. The molecule has 1 aromatic heterocycles. The summed E-state index contributed by atoms with van der Waals surface area (Å²) in [5.74, 6) is 1.76. The summed E-state index contributed by atoms with van der Waals surface area (Å²) in [7, 11) is 0. The molecule has 184 valence electrons. The summed E-state index contributed by atoms with van der Waals surface area (Å²) in [6, 6.07) is 9.32. The van der Waals surface area contributed by atoms with Gasteiger partial charge in [0, 0.05) is 37.1 Å². The number of aromatic nitrogens is 2. The second-order valence-corrected chi connectivity index (χ2v) is 11.8. The molecular formula is C29H42N4O. The van der Waals surface area contributed by atoms with Crippen LogP contribution < -0.4 is 4.90 Å². The first-order chi connectivity index (χ1) is 16.6. The molecule has 2 aromatic rings. The van der Waals surface area contributed by atoms with E-state index in [1.807, 2.05) is 0 Å². The Morgan fingerprint density at radius 1 is 0.882 bits per heavy atom. The Bertz CT molecular complexity index is 1010. The zero-order valence-electron chi connectivity index (χ0n) is 21.1. The molecule has 0 unspecified atom stereocenters. The van der Waals surface area contributed by atoms with Gasteiger partial charge < -0.3 is 4.57 Å². The molecule has 0 bridgehead atoms. The van der Waals surface area contributed by atoms with Crippen LogP contribution in [0.1, 0.15) is 103 Å². The van der Waals surface area contributed by atoms with E-state index < -0.39 is 0 Å². The number of anilines is 1. The zero-order chi connectivity index (χ0) is 23.1. The molecule has 34 heavy (non-hydrogen) atoms. The van der Waals surface area contributed by atoms with Gasteiger partial charge in [-0.1, -0.05) is 57.1 Å². The van der Waals surface area contributed by atoms with Crippen LogP contribution in [-0.4, -0.2) is 45.0 Å². The molecule has 2 atom stereocenters. The maximum atomic E-state index is 13.3. The Kier molecular flexibility index (Phi) is 6.17. The third-order valence-corrected chi connectivity index (χ3v) is 9.72. The van der Waals surface area contributed by atoms with E-state index in [1.165, 1.54) is 69.7 Å². The Morgan fingerprint density at radius 2 is 1.59 bits per heavy atom. The lowest BCUT2D eigenvalue weighted by atomic mass is 9.82. The zero-order valence-corrected chi connectivity index (χ0v) is 21.1. The van der Waals surface area contributed by atoms with Crippen LogP contribution in [0.25, 0.3) is 11.0 Å². The van der Waals surface area contributed by atoms with Crippen molar-refractivity contribution in [3.05, 3.63) is 24.3 Å². The highest BCUT2D eigenvalue weighted by molar-refractivity contribution is 5.97. The van der Waals surface area contributed by atoms with Crippen molar-refractivity contribution in [2.45, 2.75) is 114 Å². The number of piperidine rings is 1. The molecule has 0 N–H and O–H groups in total. The summed E-state index contributed by atoms with van der Waals surface area (Å²) in [4.78, 5) is 23.3. The first kappa shape index (κ1) is 22.6. The normalized spacial score (nSPS) is 29.2. The van der Waals surface area contributed by atoms with Gasteiger partial charge in [-0.05, 0) is 63.5 Å². The van der Waals surface area contributed by atoms with Crippen molar-refractivity contribution in [2.24, 2.45) is 5.92 Å². The van der Waals surface area contributed by atoms with Crippen LogP contribution in [-0.2, 0) is 4.79 Å². The number of likely N-dealkylation sites (tertiary alicyclic amines) is 1. The molecule has 4 aliphatic rings. The van der Waals surface area contributed by atoms with Gasteiger partial charge in [-0.2, -0.15) is 0 Å². The Balaban J connectivity index is 1.28. The van der Waals surface area contributed by atoms with Crippen LogP contribution in [0.4, 0.5) is 5.95 Å². The third-order valence-electron chi connectivity index (χ3n) is 9.72. The van der Waals surface area contributed by atoms with E-state index in [4.69, 9.17) is 4.98 Å². The molecule has 4 fully saturated rings. The van der Waals surface area contributed by atoms with Gasteiger partial charge in [0.2, 0.25) is 11.9 Å². The molecule has 1 aromatic carbocycles. The number of fused-ring (bicyclic) bond motifs is 2. The van der Waals surface area contributed by atoms with E-state index in [-0.39, 0.29) is 0 Å². The van der Waals surface area contributed by atoms with Gasteiger partial charge in [-0.25, -0.2) is 4.98 Å². The summed E-state index contributed by atoms with van der Waals surface area (Å²) in [6.45, 7) is 4.85. The minimum Gasteiger partial charge on any atom is -0.307 e. The summed E-state index contributed by atoms with van der Waals surface area (Å²) >= 11 is 0. The lowest BCUT2D eigenvalue weighted by molar-refractivity contribution is -0.117. The fourth-order valence-electron chi connectivity index (χ4n) is 7.74. The van der Waals surface area contributed by atoms with Gasteiger partial charge in [-0.3, -0.25) is 14.6 Å². The van der Waals surface area contributed by atoms with Crippen LogP contribution in [0.15, 0.2) is 24.3 Å². The Morgan fingerprint density at radius 3 is 2.38 bits per heavy atom. The Labute approximate surface area is 204 Å². The van der Waals surface area contributed by atoms with Crippen LogP contribution in [0.2, 0.25) is 0 Å². The predicted octanol–water partition coefficient (Wildman–Crippen LogP) is 6.47. The van der Waals surface area contributed by atoms with E-state index in [1.54, 1.807) is 0 Å². The second kappa shape index (κ2) is 9.29. The van der Waals surface area contributed by atoms with Crippen LogP contribution in [0, 0.1) is 5.92 Å². The molecule has 3 heterocycles. The molecule has 2 aliphatic carbocycles. The highest BCUT2D eigenvalue weighted by Gasteiger charge is 2.44. The van der Waals surface area contributed by atoms with Gasteiger partial charge in [0.05, 0.1) is 11.0 Å². The number of para-hydroxylation sites is 2. The molecule has 1 amide bonds. The van der Waals surface area contributed by atoms with Crippen molar-refractivity contribution in [3.8, 4) is 0 Å². The predicted molar refractivity (Wildman–Crippen MR) is 138 cm³/mol. The smallest absolute Gasteiger partial charge is 0.229 e. The van der Waals surface area contributed by atoms with Crippen molar-refractivity contribution in [1.82, 2.24) is 14.5 Å².